The molecule has 1 fully saturated rings. The summed E-state index contributed by atoms with van der Waals surface area (Å²) in [6, 6.07) is 9.80. The van der Waals surface area contributed by atoms with Crippen molar-refractivity contribution in [1.29, 1.82) is 0 Å². The third-order valence-corrected chi connectivity index (χ3v) is 5.52. The maximum absolute atomic E-state index is 13.1. The van der Waals surface area contributed by atoms with Crippen LogP contribution in [-0.2, 0) is 10.0 Å². The van der Waals surface area contributed by atoms with Crippen molar-refractivity contribution in [3.63, 3.8) is 0 Å². The molecule has 0 radical (unpaired) electrons. The Bertz CT molecular complexity index is 789. The van der Waals surface area contributed by atoms with Gasteiger partial charge >= 0.3 is 0 Å². The number of hydrogen-bond acceptors (Lipinski definition) is 5. The van der Waals surface area contributed by atoms with E-state index in [1.54, 1.807) is 30.5 Å². The van der Waals surface area contributed by atoms with Crippen molar-refractivity contribution in [3.8, 4) is 11.5 Å². The molecule has 1 aliphatic rings. The molecule has 2 aromatic rings. The standard InChI is InChI=1S/C16H18N2O4S/c1-21-14-9-8-13(11-15(14)22-2)23(19,20)18(12-6-7-12)16-5-3-4-10-17-16/h3-5,8-12H,6-7H2,1-2H3. The highest BCUT2D eigenvalue weighted by atomic mass is 32.2. The van der Waals surface area contributed by atoms with Crippen LogP contribution in [0.15, 0.2) is 47.5 Å². The van der Waals surface area contributed by atoms with Crippen molar-refractivity contribution < 1.29 is 17.9 Å². The van der Waals surface area contributed by atoms with E-state index in [-0.39, 0.29) is 10.9 Å². The smallest absolute Gasteiger partial charge is 0.265 e. The number of hydrogen-bond donors (Lipinski definition) is 0. The minimum Gasteiger partial charge on any atom is -0.493 e. The van der Waals surface area contributed by atoms with Gasteiger partial charge in [-0.2, -0.15) is 0 Å². The molecule has 0 N–H and O–H groups in total. The van der Waals surface area contributed by atoms with Gasteiger partial charge in [-0.1, -0.05) is 6.07 Å². The summed E-state index contributed by atoms with van der Waals surface area (Å²) < 4.78 is 37.9. The monoisotopic (exact) mass is 334 g/mol. The molecule has 23 heavy (non-hydrogen) atoms. The molecule has 1 aromatic carbocycles. The van der Waals surface area contributed by atoms with Crippen LogP contribution in [0.3, 0.4) is 0 Å². The Morgan fingerprint density at radius 3 is 2.39 bits per heavy atom. The van der Waals surface area contributed by atoms with Gasteiger partial charge < -0.3 is 9.47 Å². The first-order valence-electron chi connectivity index (χ1n) is 7.25. The van der Waals surface area contributed by atoms with Crippen LogP contribution in [0.5, 0.6) is 11.5 Å². The number of anilines is 1. The third kappa shape index (κ3) is 2.96. The van der Waals surface area contributed by atoms with Gasteiger partial charge in [0.25, 0.3) is 10.0 Å². The summed E-state index contributed by atoms with van der Waals surface area (Å²) in [6.07, 6.45) is 3.26. The summed E-state index contributed by atoms with van der Waals surface area (Å²) in [5.41, 5.74) is 0. The van der Waals surface area contributed by atoms with Gasteiger partial charge in [0.1, 0.15) is 5.82 Å². The summed E-state index contributed by atoms with van der Waals surface area (Å²) in [5.74, 6) is 1.30. The van der Waals surface area contributed by atoms with Crippen molar-refractivity contribution >= 4 is 15.8 Å². The molecule has 122 valence electrons. The van der Waals surface area contributed by atoms with Gasteiger partial charge in [0.15, 0.2) is 11.5 Å². The maximum Gasteiger partial charge on any atom is 0.265 e. The number of pyridine rings is 1. The molecule has 0 atom stereocenters. The van der Waals surface area contributed by atoms with Gasteiger partial charge in [-0.05, 0) is 37.1 Å². The van der Waals surface area contributed by atoms with Crippen LogP contribution in [0.1, 0.15) is 12.8 Å². The van der Waals surface area contributed by atoms with E-state index in [0.717, 1.165) is 12.8 Å². The van der Waals surface area contributed by atoms with E-state index in [1.165, 1.54) is 30.7 Å². The number of nitrogens with zero attached hydrogens (tertiary/aromatic N) is 2. The van der Waals surface area contributed by atoms with Gasteiger partial charge in [-0.25, -0.2) is 17.7 Å². The van der Waals surface area contributed by atoms with E-state index in [2.05, 4.69) is 4.98 Å². The zero-order chi connectivity index (χ0) is 16.4. The second-order valence-electron chi connectivity index (χ2n) is 5.24. The fraction of sp³-hybridized carbons (Fsp3) is 0.312. The Labute approximate surface area is 135 Å². The summed E-state index contributed by atoms with van der Waals surface area (Å²) in [6.45, 7) is 0. The maximum atomic E-state index is 13.1. The fourth-order valence-electron chi connectivity index (χ4n) is 2.39. The number of aromatic nitrogens is 1. The zero-order valence-corrected chi connectivity index (χ0v) is 13.8. The Balaban J connectivity index is 2.06. The Kier molecular flexibility index (Phi) is 4.12. The van der Waals surface area contributed by atoms with Crippen LogP contribution < -0.4 is 13.8 Å². The van der Waals surface area contributed by atoms with Crippen molar-refractivity contribution in [2.24, 2.45) is 0 Å². The molecule has 0 saturated heterocycles. The van der Waals surface area contributed by atoms with E-state index >= 15 is 0 Å². The predicted molar refractivity (Wildman–Crippen MR) is 86.5 cm³/mol. The molecule has 6 nitrogen and oxygen atoms in total. The van der Waals surface area contributed by atoms with Crippen LogP contribution in [0.4, 0.5) is 5.82 Å². The highest BCUT2D eigenvalue weighted by molar-refractivity contribution is 7.92. The lowest BCUT2D eigenvalue weighted by Gasteiger charge is -2.23. The molecule has 0 amide bonds. The topological polar surface area (TPSA) is 68.7 Å². The first-order chi connectivity index (χ1) is 11.1. The van der Waals surface area contributed by atoms with Crippen molar-refractivity contribution in [1.82, 2.24) is 4.98 Å². The minimum atomic E-state index is -3.71. The van der Waals surface area contributed by atoms with Crippen molar-refractivity contribution in [3.05, 3.63) is 42.6 Å². The molecular formula is C16H18N2O4S. The number of methoxy groups -OCH3 is 2. The van der Waals surface area contributed by atoms with Gasteiger partial charge in [-0.15, -0.1) is 0 Å². The number of benzene rings is 1. The number of rotatable bonds is 6. The molecule has 3 rings (SSSR count). The average Bonchev–Trinajstić information content (AvgIpc) is 3.39. The second kappa shape index (κ2) is 6.08. The van der Waals surface area contributed by atoms with E-state index in [0.29, 0.717) is 17.3 Å². The number of ether oxygens (including phenoxy) is 2. The van der Waals surface area contributed by atoms with Crippen LogP contribution in [0.25, 0.3) is 0 Å². The van der Waals surface area contributed by atoms with Gasteiger partial charge in [-0.3, -0.25) is 0 Å². The fourth-order valence-corrected chi connectivity index (χ4v) is 4.07. The van der Waals surface area contributed by atoms with E-state index in [9.17, 15) is 8.42 Å². The predicted octanol–water partition coefficient (Wildman–Crippen LogP) is 2.46. The summed E-state index contributed by atoms with van der Waals surface area (Å²) >= 11 is 0. The number of sulfonamides is 1. The third-order valence-electron chi connectivity index (χ3n) is 3.67. The largest absolute Gasteiger partial charge is 0.493 e. The molecule has 1 saturated carbocycles. The van der Waals surface area contributed by atoms with Gasteiger partial charge in [0.05, 0.1) is 19.1 Å². The quantitative estimate of drug-likeness (QED) is 0.812. The second-order valence-corrected chi connectivity index (χ2v) is 7.05. The van der Waals surface area contributed by atoms with Crippen LogP contribution in [-0.4, -0.2) is 33.7 Å². The molecule has 1 aliphatic carbocycles. The molecule has 7 heteroatoms. The Hall–Kier alpha value is -2.28. The highest BCUT2D eigenvalue weighted by Crippen LogP contribution is 2.37. The lowest BCUT2D eigenvalue weighted by molar-refractivity contribution is 0.354. The Morgan fingerprint density at radius 2 is 1.83 bits per heavy atom. The molecule has 0 bridgehead atoms. The van der Waals surface area contributed by atoms with Gasteiger partial charge in [0, 0.05) is 18.3 Å². The van der Waals surface area contributed by atoms with Crippen molar-refractivity contribution in [2.45, 2.75) is 23.8 Å². The SMILES string of the molecule is COc1ccc(S(=O)(=O)N(c2ccccn2)C2CC2)cc1OC. The first-order valence-corrected chi connectivity index (χ1v) is 8.69. The normalized spacial score (nSPS) is 14.3. The molecule has 0 unspecified atom stereocenters. The van der Waals surface area contributed by atoms with Crippen LogP contribution in [0.2, 0.25) is 0 Å². The molecule has 1 heterocycles. The molecular weight excluding hydrogens is 316 g/mol. The van der Waals surface area contributed by atoms with Gasteiger partial charge in [0.2, 0.25) is 0 Å². The lowest BCUT2D eigenvalue weighted by atomic mass is 10.3. The highest BCUT2D eigenvalue weighted by Gasteiger charge is 2.39. The van der Waals surface area contributed by atoms with Crippen LogP contribution in [0, 0.1) is 0 Å². The minimum absolute atomic E-state index is 0.0389. The average molecular weight is 334 g/mol. The van der Waals surface area contributed by atoms with E-state index in [1.807, 2.05) is 0 Å². The molecule has 0 aliphatic heterocycles. The van der Waals surface area contributed by atoms with Crippen molar-refractivity contribution in [2.75, 3.05) is 18.5 Å². The first kappa shape index (κ1) is 15.6. The summed E-state index contributed by atoms with van der Waals surface area (Å²) in [5, 5.41) is 0. The zero-order valence-electron chi connectivity index (χ0n) is 13.0. The Morgan fingerprint density at radius 1 is 1.09 bits per heavy atom. The lowest BCUT2D eigenvalue weighted by Crippen LogP contribution is -2.33. The van der Waals surface area contributed by atoms with E-state index in [4.69, 9.17) is 9.47 Å². The van der Waals surface area contributed by atoms with E-state index < -0.39 is 10.0 Å². The molecule has 0 spiro atoms. The summed E-state index contributed by atoms with van der Waals surface area (Å²) in [7, 11) is -0.725. The summed E-state index contributed by atoms with van der Waals surface area (Å²) in [4.78, 5) is 4.36. The molecule has 1 aromatic heterocycles. The van der Waals surface area contributed by atoms with Crippen LogP contribution >= 0.6 is 0 Å².